The van der Waals surface area contributed by atoms with Crippen LogP contribution in [-0.4, -0.2) is 26.6 Å². The zero-order valence-corrected chi connectivity index (χ0v) is 15.5. The molecular weight excluding hydrogens is 373 g/mol. The summed E-state index contributed by atoms with van der Waals surface area (Å²) in [5.74, 6) is -0.343. The Morgan fingerprint density at radius 3 is 2.31 bits per heavy atom. The van der Waals surface area contributed by atoms with Crippen molar-refractivity contribution in [3.8, 4) is 0 Å². The summed E-state index contributed by atoms with van der Waals surface area (Å²) in [4.78, 5) is 29.8. The second kappa shape index (κ2) is 6.80. The largest absolute Gasteiger partial charge is 0.347 e. The number of carbonyl (C=O) groups excluding carboxylic acids is 2. The molecule has 29 heavy (non-hydrogen) atoms. The average molecular weight is 391 g/mol. The fourth-order valence-electron chi connectivity index (χ4n) is 3.93. The Bertz CT molecular complexity index is 1060. The highest BCUT2D eigenvalue weighted by molar-refractivity contribution is 6.18. The maximum Gasteiger partial charge on any atom is 0.260 e. The predicted octanol–water partition coefficient (Wildman–Crippen LogP) is 3.22. The summed E-state index contributed by atoms with van der Waals surface area (Å²) in [6.07, 6.45) is 1.00. The van der Waals surface area contributed by atoms with Gasteiger partial charge in [-0.05, 0) is 29.7 Å². The van der Waals surface area contributed by atoms with E-state index < -0.39 is 0 Å². The van der Waals surface area contributed by atoms with Crippen molar-refractivity contribution < 1.29 is 14.0 Å². The Kier molecular flexibility index (Phi) is 4.12. The lowest BCUT2D eigenvalue weighted by Crippen LogP contribution is -2.30. The van der Waals surface area contributed by atoms with E-state index in [9.17, 15) is 14.0 Å². The van der Waals surface area contributed by atoms with E-state index >= 15 is 0 Å². The molecule has 2 aromatic carbocycles. The normalized spacial score (nSPS) is 21.2. The minimum atomic E-state index is -0.310. The van der Waals surface area contributed by atoms with E-state index in [1.54, 1.807) is 16.8 Å². The number of carbonyl (C=O) groups is 2. The number of imide groups is 1. The van der Waals surface area contributed by atoms with Crippen LogP contribution < -0.4 is 10.2 Å². The highest BCUT2D eigenvalue weighted by Gasteiger charge is 2.37. The van der Waals surface area contributed by atoms with Crippen molar-refractivity contribution >= 4 is 23.7 Å². The molecule has 1 N–H and O–H groups in total. The topological polar surface area (TPSA) is 80.1 Å². The Morgan fingerprint density at radius 1 is 0.931 bits per heavy atom. The van der Waals surface area contributed by atoms with Crippen LogP contribution in [0.1, 0.15) is 42.5 Å². The standard InChI is InChI=1S/C21H18FN5O2/c22-15-8-6-14(7-9-15)17-12-16(13-4-2-1-3-5-13)23-20-24-21(25-27(17)20)26-18(28)10-11-19(26)29/h1-9,16-17H,10-12H2,(H,23,24,25)/t16-,17-/m1/s1. The van der Waals surface area contributed by atoms with Crippen molar-refractivity contribution in [2.45, 2.75) is 31.3 Å². The summed E-state index contributed by atoms with van der Waals surface area (Å²) in [7, 11) is 0. The zero-order chi connectivity index (χ0) is 20.0. The van der Waals surface area contributed by atoms with Crippen molar-refractivity contribution in [3.05, 3.63) is 71.5 Å². The molecule has 1 aromatic heterocycles. The molecule has 0 saturated carbocycles. The molecule has 8 heteroatoms. The third kappa shape index (κ3) is 3.06. The number of fused-ring (bicyclic) bond motifs is 1. The van der Waals surface area contributed by atoms with Gasteiger partial charge in [0.15, 0.2) is 0 Å². The van der Waals surface area contributed by atoms with Crippen molar-refractivity contribution in [3.63, 3.8) is 0 Å². The minimum Gasteiger partial charge on any atom is -0.347 e. The number of aromatic nitrogens is 3. The van der Waals surface area contributed by atoms with Crippen LogP contribution in [0.25, 0.3) is 0 Å². The van der Waals surface area contributed by atoms with E-state index in [2.05, 4.69) is 15.4 Å². The summed E-state index contributed by atoms with van der Waals surface area (Å²) in [6.45, 7) is 0. The number of benzene rings is 2. The van der Waals surface area contributed by atoms with Gasteiger partial charge in [-0.2, -0.15) is 4.98 Å². The van der Waals surface area contributed by atoms with E-state index in [1.807, 2.05) is 30.3 Å². The molecule has 2 atom stereocenters. The van der Waals surface area contributed by atoms with Crippen LogP contribution in [0.2, 0.25) is 0 Å². The SMILES string of the molecule is O=C1CCC(=O)N1c1nc2n(n1)[C@@H](c1ccc(F)cc1)C[C@H](c1ccccc1)N2. The van der Waals surface area contributed by atoms with Gasteiger partial charge in [0, 0.05) is 12.8 Å². The van der Waals surface area contributed by atoms with Crippen LogP contribution in [0, 0.1) is 5.82 Å². The third-order valence-electron chi connectivity index (χ3n) is 5.39. The van der Waals surface area contributed by atoms with Gasteiger partial charge in [0.25, 0.3) is 5.95 Å². The summed E-state index contributed by atoms with van der Waals surface area (Å²) in [5.41, 5.74) is 1.97. The number of halogens is 1. The van der Waals surface area contributed by atoms with E-state index in [0.29, 0.717) is 12.4 Å². The Hall–Kier alpha value is -3.55. The first kappa shape index (κ1) is 17.5. The van der Waals surface area contributed by atoms with E-state index in [0.717, 1.165) is 16.0 Å². The van der Waals surface area contributed by atoms with Gasteiger partial charge in [0.2, 0.25) is 17.8 Å². The summed E-state index contributed by atoms with van der Waals surface area (Å²) in [6, 6.07) is 16.0. The van der Waals surface area contributed by atoms with Crippen LogP contribution >= 0.6 is 0 Å². The molecule has 0 aliphatic carbocycles. The maximum atomic E-state index is 13.5. The molecule has 0 radical (unpaired) electrons. The van der Waals surface area contributed by atoms with Crippen LogP contribution in [0.5, 0.6) is 0 Å². The molecule has 3 heterocycles. The first-order valence-corrected chi connectivity index (χ1v) is 9.49. The first-order chi connectivity index (χ1) is 14.1. The number of hydrogen-bond acceptors (Lipinski definition) is 5. The summed E-state index contributed by atoms with van der Waals surface area (Å²) < 4.78 is 15.1. The molecule has 1 fully saturated rings. The van der Waals surface area contributed by atoms with Crippen LogP contribution in [0.4, 0.5) is 16.3 Å². The highest BCUT2D eigenvalue weighted by Crippen LogP contribution is 2.39. The zero-order valence-electron chi connectivity index (χ0n) is 15.5. The van der Waals surface area contributed by atoms with Crippen molar-refractivity contribution in [2.24, 2.45) is 0 Å². The Labute approximate surface area is 166 Å². The number of amides is 2. The number of anilines is 2. The third-order valence-corrected chi connectivity index (χ3v) is 5.39. The number of rotatable bonds is 3. The molecule has 2 amide bonds. The number of nitrogens with one attached hydrogen (secondary N) is 1. The fourth-order valence-corrected chi connectivity index (χ4v) is 3.93. The predicted molar refractivity (Wildman–Crippen MR) is 104 cm³/mol. The van der Waals surface area contributed by atoms with Crippen LogP contribution in [0.15, 0.2) is 54.6 Å². The highest BCUT2D eigenvalue weighted by atomic mass is 19.1. The lowest BCUT2D eigenvalue weighted by Gasteiger charge is -2.31. The minimum absolute atomic E-state index is 0.0409. The molecule has 2 aliphatic rings. The lowest BCUT2D eigenvalue weighted by molar-refractivity contribution is -0.121. The van der Waals surface area contributed by atoms with Crippen molar-refractivity contribution in [1.82, 2.24) is 14.8 Å². The van der Waals surface area contributed by atoms with E-state index in [4.69, 9.17) is 0 Å². The van der Waals surface area contributed by atoms with Crippen LogP contribution in [-0.2, 0) is 9.59 Å². The van der Waals surface area contributed by atoms with Gasteiger partial charge < -0.3 is 5.32 Å². The molecule has 146 valence electrons. The molecule has 0 spiro atoms. The second-order valence-electron chi connectivity index (χ2n) is 7.21. The molecule has 5 rings (SSSR count). The van der Waals surface area contributed by atoms with Gasteiger partial charge in [-0.1, -0.05) is 42.5 Å². The average Bonchev–Trinajstić information content (AvgIpc) is 3.30. The maximum absolute atomic E-state index is 13.5. The fraction of sp³-hybridized carbons (Fsp3) is 0.238. The molecule has 1 saturated heterocycles. The van der Waals surface area contributed by atoms with Gasteiger partial charge in [0.1, 0.15) is 5.82 Å². The van der Waals surface area contributed by atoms with Crippen molar-refractivity contribution in [2.75, 3.05) is 10.2 Å². The van der Waals surface area contributed by atoms with Crippen LogP contribution in [0.3, 0.4) is 0 Å². The molecule has 3 aromatic rings. The van der Waals surface area contributed by atoms with Crippen molar-refractivity contribution in [1.29, 1.82) is 0 Å². The first-order valence-electron chi connectivity index (χ1n) is 9.49. The summed E-state index contributed by atoms with van der Waals surface area (Å²) in [5, 5.41) is 7.84. The molecular formula is C21H18FN5O2. The lowest BCUT2D eigenvalue weighted by atomic mass is 9.93. The van der Waals surface area contributed by atoms with Gasteiger partial charge in [-0.15, -0.1) is 5.10 Å². The van der Waals surface area contributed by atoms with Gasteiger partial charge in [0.05, 0.1) is 12.1 Å². The monoisotopic (exact) mass is 391 g/mol. The molecule has 0 bridgehead atoms. The Morgan fingerprint density at radius 2 is 1.62 bits per heavy atom. The second-order valence-corrected chi connectivity index (χ2v) is 7.21. The quantitative estimate of drug-likeness (QED) is 0.694. The van der Waals surface area contributed by atoms with Gasteiger partial charge in [-0.25, -0.2) is 14.0 Å². The number of nitrogens with zero attached hydrogens (tertiary/aromatic N) is 4. The van der Waals surface area contributed by atoms with E-state index in [1.165, 1.54) is 12.1 Å². The molecule has 7 nitrogen and oxygen atoms in total. The van der Waals surface area contributed by atoms with Gasteiger partial charge in [-0.3, -0.25) is 9.59 Å². The van der Waals surface area contributed by atoms with Gasteiger partial charge >= 0.3 is 0 Å². The summed E-state index contributed by atoms with van der Waals surface area (Å²) >= 11 is 0. The molecule has 0 unspecified atom stereocenters. The van der Waals surface area contributed by atoms with E-state index in [-0.39, 0.29) is 48.5 Å². The smallest absolute Gasteiger partial charge is 0.260 e. The Balaban J connectivity index is 1.58. The molecule has 2 aliphatic heterocycles. The number of hydrogen-bond donors (Lipinski definition) is 1.